The lowest BCUT2D eigenvalue weighted by atomic mass is 9.78. The monoisotopic (exact) mass is 967 g/mol. The van der Waals surface area contributed by atoms with E-state index in [0.29, 0.717) is 24.3 Å². The minimum atomic E-state index is -2.81. The molecule has 0 aromatic heterocycles. The third kappa shape index (κ3) is 10.8. The second kappa shape index (κ2) is 21.2. The van der Waals surface area contributed by atoms with Crippen molar-refractivity contribution in [1.29, 1.82) is 0 Å². The summed E-state index contributed by atoms with van der Waals surface area (Å²) in [4.78, 5) is 116. The maximum Gasteiger partial charge on any atom is 0.332 e. The third-order valence-electron chi connectivity index (χ3n) is 14.2. The second-order valence-electron chi connectivity index (χ2n) is 20.6. The van der Waals surface area contributed by atoms with Crippen molar-refractivity contribution in [2.24, 2.45) is 23.7 Å². The van der Waals surface area contributed by atoms with Gasteiger partial charge in [0.25, 0.3) is 29.5 Å². The van der Waals surface area contributed by atoms with E-state index in [0.717, 1.165) is 35.2 Å². The fourth-order valence-electron chi connectivity index (χ4n) is 10.3. The molecule has 5 saturated heterocycles. The van der Waals surface area contributed by atoms with Crippen LogP contribution >= 0.6 is 0 Å². The van der Waals surface area contributed by atoms with E-state index in [1.165, 1.54) is 34.6 Å². The average Bonchev–Trinajstić information content (AvgIpc) is 3.59. The summed E-state index contributed by atoms with van der Waals surface area (Å²) in [5.74, 6) is -13.2. The standard InChI is InChI=1S/C45H74N8O15/c1-11-31-28(22-24(2)3)16-17-45(64,68-31)44(10,63)42(61)47-33-35(26(6)7)67-41(60)34(25(4)5)53(66)40(59)36-43(9,62)18-21-48(36)37(56)29-14-12-19-46-51(29)32(55)23-50(65)38(57)30-15-13-20-49(27(8)54)52(30)39(33)58/h24-26,28-31,33-36,46,62-66H,11-23H2,1-10H3,(H,47,61). The number of cyclic esters (lactones) is 1. The smallest absolute Gasteiger partial charge is 0.332 e. The molecule has 384 valence electrons. The quantitative estimate of drug-likeness (QED) is 0.123. The van der Waals surface area contributed by atoms with Crippen LogP contribution in [0.15, 0.2) is 0 Å². The lowest BCUT2D eigenvalue weighted by Gasteiger charge is -2.48. The van der Waals surface area contributed by atoms with Crippen LogP contribution in [0.2, 0.25) is 0 Å². The maximum atomic E-state index is 15.4. The zero-order valence-electron chi connectivity index (χ0n) is 41.0. The van der Waals surface area contributed by atoms with E-state index in [1.54, 1.807) is 0 Å². The van der Waals surface area contributed by atoms with Crippen LogP contribution in [0.1, 0.15) is 127 Å². The Bertz CT molecular complexity index is 1930. The van der Waals surface area contributed by atoms with Gasteiger partial charge in [-0.2, -0.15) is 0 Å². The molecule has 5 heterocycles. The summed E-state index contributed by atoms with van der Waals surface area (Å²) in [5.41, 5.74) is -1.97. The highest BCUT2D eigenvalue weighted by atomic mass is 16.6. The first-order valence-corrected chi connectivity index (χ1v) is 24.0. The summed E-state index contributed by atoms with van der Waals surface area (Å²) in [6.45, 7) is 13.9. The van der Waals surface area contributed by atoms with Crippen molar-refractivity contribution in [3.8, 4) is 0 Å². The minimum absolute atomic E-state index is 0.0168. The molecule has 68 heavy (non-hydrogen) atoms. The van der Waals surface area contributed by atoms with Gasteiger partial charge in [0.1, 0.15) is 36.8 Å². The van der Waals surface area contributed by atoms with Gasteiger partial charge in [0.05, 0.1) is 11.7 Å². The van der Waals surface area contributed by atoms with Crippen molar-refractivity contribution in [3.05, 3.63) is 0 Å². The van der Waals surface area contributed by atoms with Gasteiger partial charge in [0, 0.05) is 33.0 Å². The number of hydroxylamine groups is 4. The predicted molar refractivity (Wildman–Crippen MR) is 236 cm³/mol. The van der Waals surface area contributed by atoms with Crippen LogP contribution in [0.3, 0.4) is 0 Å². The van der Waals surface area contributed by atoms with Gasteiger partial charge in [0.2, 0.25) is 17.6 Å². The summed E-state index contributed by atoms with van der Waals surface area (Å²) in [5, 5.41) is 63.8. The lowest BCUT2D eigenvalue weighted by Crippen LogP contribution is -2.71. The van der Waals surface area contributed by atoms with Crippen LogP contribution in [-0.2, 0) is 47.8 Å². The zero-order valence-corrected chi connectivity index (χ0v) is 41.0. The fraction of sp³-hybridized carbons (Fsp3) is 0.822. The number of ether oxygens (including phenoxy) is 2. The van der Waals surface area contributed by atoms with Crippen LogP contribution in [0.5, 0.6) is 0 Å². The molecule has 0 spiro atoms. The summed E-state index contributed by atoms with van der Waals surface area (Å²) >= 11 is 0. The average molecular weight is 967 g/mol. The third-order valence-corrected chi connectivity index (χ3v) is 14.2. The van der Waals surface area contributed by atoms with E-state index >= 15 is 4.79 Å². The summed E-state index contributed by atoms with van der Waals surface area (Å²) < 4.78 is 12.2. The Kier molecular flexibility index (Phi) is 17.0. The molecule has 0 bridgehead atoms. The number of carbonyl (C=O) groups excluding carboxylic acids is 8. The van der Waals surface area contributed by atoms with Crippen LogP contribution < -0.4 is 10.7 Å². The molecule has 11 atom stereocenters. The molecule has 5 aliphatic rings. The van der Waals surface area contributed by atoms with E-state index in [2.05, 4.69) is 10.7 Å². The highest BCUT2D eigenvalue weighted by molar-refractivity contribution is 5.98. The number of nitrogens with one attached hydrogen (secondary N) is 2. The van der Waals surface area contributed by atoms with Gasteiger partial charge >= 0.3 is 5.97 Å². The molecular weight excluding hydrogens is 893 g/mol. The first-order chi connectivity index (χ1) is 31.6. The summed E-state index contributed by atoms with van der Waals surface area (Å²) in [6, 6.07) is -8.86. The molecule has 5 rings (SSSR count). The molecule has 0 radical (unpaired) electrons. The number of hydrogen-bond donors (Lipinski definition) is 7. The highest BCUT2D eigenvalue weighted by Gasteiger charge is 2.59. The van der Waals surface area contributed by atoms with Crippen LogP contribution in [0, 0.1) is 23.7 Å². The van der Waals surface area contributed by atoms with Gasteiger partial charge < -0.3 is 35.0 Å². The second-order valence-corrected chi connectivity index (χ2v) is 20.6. The Morgan fingerprint density at radius 3 is 2.12 bits per heavy atom. The minimum Gasteiger partial charge on any atom is -0.458 e. The first-order valence-electron chi connectivity index (χ1n) is 24.0. The Morgan fingerprint density at radius 1 is 0.882 bits per heavy atom. The molecule has 5 aliphatic heterocycles. The number of hydrogen-bond acceptors (Lipinski definition) is 16. The molecule has 0 aromatic rings. The number of fused-ring (bicyclic) bond motifs is 3. The molecule has 5 fully saturated rings. The van der Waals surface area contributed by atoms with Gasteiger partial charge in [-0.15, -0.1) is 0 Å². The van der Waals surface area contributed by atoms with Crippen molar-refractivity contribution < 1.29 is 73.6 Å². The van der Waals surface area contributed by atoms with Gasteiger partial charge in [-0.05, 0) is 88.9 Å². The van der Waals surface area contributed by atoms with Crippen LogP contribution in [-0.4, -0.2) is 189 Å². The number of hydrazine groups is 2. The van der Waals surface area contributed by atoms with Gasteiger partial charge in [-0.3, -0.25) is 54.0 Å². The number of rotatable bonds is 8. The first kappa shape index (κ1) is 54.4. The van der Waals surface area contributed by atoms with Crippen LogP contribution in [0.25, 0.3) is 0 Å². The maximum absolute atomic E-state index is 15.4. The SMILES string of the molecule is CCC1OC(O)(C(C)(O)C(=O)NC2C(=O)N3C(CCCN3C(C)=O)C(=O)N(O)CC(=O)N3NCCCC3C(=O)N3CCC(C)(O)C3C(=O)N(O)C(C(C)C)C(=O)OC2C(C)C)CCC1CC(C)C. The molecule has 0 aliphatic carbocycles. The molecule has 23 nitrogen and oxygen atoms in total. The lowest BCUT2D eigenvalue weighted by molar-refractivity contribution is -0.329. The van der Waals surface area contributed by atoms with Crippen molar-refractivity contribution in [2.45, 2.75) is 186 Å². The predicted octanol–water partition coefficient (Wildman–Crippen LogP) is -0.194. The molecule has 0 aromatic carbocycles. The van der Waals surface area contributed by atoms with Crippen molar-refractivity contribution in [2.75, 3.05) is 26.2 Å². The number of esters is 1. The molecule has 11 unspecified atom stereocenters. The molecule has 7 amide bonds. The van der Waals surface area contributed by atoms with Gasteiger partial charge in [-0.25, -0.2) is 25.4 Å². The Labute approximate surface area is 397 Å². The van der Waals surface area contributed by atoms with Crippen molar-refractivity contribution >= 4 is 47.3 Å². The number of aliphatic hydroxyl groups is 3. The van der Waals surface area contributed by atoms with Gasteiger partial charge in [-0.1, -0.05) is 48.5 Å². The van der Waals surface area contributed by atoms with E-state index < -0.39 is 125 Å². The fourth-order valence-corrected chi connectivity index (χ4v) is 10.3. The number of amides is 7. The summed E-state index contributed by atoms with van der Waals surface area (Å²) in [7, 11) is 0. The van der Waals surface area contributed by atoms with Crippen molar-refractivity contribution in [3.63, 3.8) is 0 Å². The topological polar surface area (TPSA) is 300 Å². The zero-order chi connectivity index (χ0) is 51.0. The van der Waals surface area contributed by atoms with Crippen LogP contribution in [0.4, 0.5) is 0 Å². The van der Waals surface area contributed by atoms with Gasteiger partial charge in [0.15, 0.2) is 11.6 Å². The summed E-state index contributed by atoms with van der Waals surface area (Å²) in [6.07, 6.45) is -0.861. The Balaban J connectivity index is 1.66. The van der Waals surface area contributed by atoms with E-state index in [-0.39, 0.29) is 73.7 Å². The molecular formula is C45H74N8O15. The Hall–Kier alpha value is -4.52. The Morgan fingerprint density at radius 2 is 1.53 bits per heavy atom. The molecule has 23 heteroatoms. The van der Waals surface area contributed by atoms with E-state index in [4.69, 9.17) is 9.47 Å². The number of nitrogens with zero attached hydrogens (tertiary/aromatic N) is 6. The van der Waals surface area contributed by atoms with Crippen molar-refractivity contribution in [1.82, 2.24) is 40.8 Å². The molecule has 0 saturated carbocycles. The number of carbonyl (C=O) groups is 8. The normalized spacial score (nSPS) is 34.0. The van der Waals surface area contributed by atoms with E-state index in [1.807, 2.05) is 20.8 Å². The van der Waals surface area contributed by atoms with E-state index in [9.17, 15) is 59.3 Å². The molecule has 7 N–H and O–H groups in total. The highest BCUT2D eigenvalue weighted by Crippen LogP contribution is 2.42. The largest absolute Gasteiger partial charge is 0.458 e.